The first-order valence-corrected chi connectivity index (χ1v) is 12.4. The molecule has 4 aromatic rings. The van der Waals surface area contributed by atoms with Gasteiger partial charge in [0, 0.05) is 49.2 Å². The number of hydrogen-bond donors (Lipinski definition) is 2. The molecule has 5 rings (SSSR count). The Bertz CT molecular complexity index is 1400. The number of nitrogens with one attached hydrogen (secondary N) is 2. The topological polar surface area (TPSA) is 121 Å². The monoisotopic (exact) mass is 462 g/mol. The number of benzene rings is 1. The zero-order valence-corrected chi connectivity index (χ0v) is 18.5. The fraction of sp³-hybridized carbons (Fsp3) is 0.217. The van der Waals surface area contributed by atoms with Crippen LogP contribution >= 0.6 is 0 Å². The Balaban J connectivity index is 1.38. The van der Waals surface area contributed by atoms with Crippen molar-refractivity contribution in [3.63, 3.8) is 0 Å². The van der Waals surface area contributed by atoms with Gasteiger partial charge in [0.2, 0.25) is 0 Å². The standard InChI is InChI=1S/C23H22N6O3S/c30-23(26-19-2-1-5-24-14-19)22-20-11-17(3-4-21(20)27-28-22)18-10-16(12-25-13-18)15-29-6-8-33(31,32)9-7-29/h1-5,10-14H,6-9,15H2,(H,26,30)(H,27,28). The van der Waals surface area contributed by atoms with Crippen LogP contribution in [0.3, 0.4) is 0 Å². The molecule has 0 spiro atoms. The number of anilines is 1. The Morgan fingerprint density at radius 1 is 1.03 bits per heavy atom. The van der Waals surface area contributed by atoms with Gasteiger partial charge in [-0.15, -0.1) is 0 Å². The van der Waals surface area contributed by atoms with Crippen molar-refractivity contribution in [1.82, 2.24) is 25.1 Å². The van der Waals surface area contributed by atoms with Gasteiger partial charge in [0.1, 0.15) is 0 Å². The van der Waals surface area contributed by atoms with Crippen molar-refractivity contribution < 1.29 is 13.2 Å². The summed E-state index contributed by atoms with van der Waals surface area (Å²) < 4.78 is 23.3. The van der Waals surface area contributed by atoms with Crippen LogP contribution in [0, 0.1) is 0 Å². The van der Waals surface area contributed by atoms with E-state index in [0.29, 0.717) is 36.4 Å². The van der Waals surface area contributed by atoms with Gasteiger partial charge in [-0.3, -0.25) is 24.8 Å². The van der Waals surface area contributed by atoms with Gasteiger partial charge < -0.3 is 5.32 Å². The van der Waals surface area contributed by atoms with Crippen molar-refractivity contribution in [2.75, 3.05) is 29.9 Å². The maximum Gasteiger partial charge on any atom is 0.276 e. The molecule has 0 atom stereocenters. The highest BCUT2D eigenvalue weighted by atomic mass is 32.2. The number of pyridine rings is 2. The summed E-state index contributed by atoms with van der Waals surface area (Å²) in [5.41, 5.74) is 4.49. The van der Waals surface area contributed by atoms with Crippen LogP contribution in [0.4, 0.5) is 5.69 Å². The molecule has 1 aliphatic heterocycles. The third-order valence-corrected chi connectivity index (χ3v) is 7.28. The minimum atomic E-state index is -2.91. The lowest BCUT2D eigenvalue weighted by atomic mass is 10.0. The number of nitrogens with zero attached hydrogens (tertiary/aromatic N) is 4. The van der Waals surface area contributed by atoms with Gasteiger partial charge in [-0.1, -0.05) is 6.07 Å². The first kappa shape index (κ1) is 21.2. The van der Waals surface area contributed by atoms with E-state index in [1.165, 1.54) is 0 Å². The average molecular weight is 463 g/mol. The average Bonchev–Trinajstić information content (AvgIpc) is 3.25. The number of fused-ring (bicyclic) bond motifs is 1. The SMILES string of the molecule is O=C(Nc1cccnc1)c1n[nH]c2ccc(-c3cncc(CN4CCS(=O)(=O)CC4)c3)cc12. The predicted octanol–water partition coefficient (Wildman–Crippen LogP) is 2.50. The molecule has 4 heterocycles. The van der Waals surface area contributed by atoms with Crippen LogP contribution in [0.15, 0.2) is 61.2 Å². The number of rotatable bonds is 5. The first-order valence-electron chi connectivity index (χ1n) is 10.5. The van der Waals surface area contributed by atoms with Gasteiger partial charge in [0.05, 0.1) is 28.9 Å². The molecule has 0 unspecified atom stereocenters. The molecule has 10 heteroatoms. The molecule has 168 valence electrons. The molecular weight excluding hydrogens is 440 g/mol. The van der Waals surface area contributed by atoms with Crippen LogP contribution in [0.5, 0.6) is 0 Å². The van der Waals surface area contributed by atoms with E-state index in [1.807, 2.05) is 24.3 Å². The maximum atomic E-state index is 12.8. The van der Waals surface area contributed by atoms with Crippen LogP contribution in [0.1, 0.15) is 16.1 Å². The lowest BCUT2D eigenvalue weighted by Gasteiger charge is -2.26. The van der Waals surface area contributed by atoms with Gasteiger partial charge in [0.15, 0.2) is 15.5 Å². The largest absolute Gasteiger partial charge is 0.319 e. The van der Waals surface area contributed by atoms with Crippen LogP contribution in [0.25, 0.3) is 22.0 Å². The van der Waals surface area contributed by atoms with Crippen LogP contribution in [0.2, 0.25) is 0 Å². The highest BCUT2D eigenvalue weighted by Crippen LogP contribution is 2.26. The Kier molecular flexibility index (Phi) is 5.61. The number of hydrogen-bond acceptors (Lipinski definition) is 7. The van der Waals surface area contributed by atoms with Crippen molar-refractivity contribution in [2.24, 2.45) is 0 Å². The molecule has 1 fully saturated rings. The zero-order valence-electron chi connectivity index (χ0n) is 17.7. The van der Waals surface area contributed by atoms with E-state index in [-0.39, 0.29) is 17.4 Å². The molecule has 33 heavy (non-hydrogen) atoms. The highest BCUT2D eigenvalue weighted by Gasteiger charge is 2.21. The number of amides is 1. The van der Waals surface area contributed by atoms with Crippen LogP contribution in [-0.4, -0.2) is 64.0 Å². The number of carbonyl (C=O) groups is 1. The summed E-state index contributed by atoms with van der Waals surface area (Å²) in [6.45, 7) is 1.70. The summed E-state index contributed by atoms with van der Waals surface area (Å²) >= 11 is 0. The second-order valence-electron chi connectivity index (χ2n) is 8.04. The molecule has 1 aliphatic rings. The molecule has 2 N–H and O–H groups in total. The summed E-state index contributed by atoms with van der Waals surface area (Å²) in [7, 11) is -2.91. The van der Waals surface area contributed by atoms with E-state index < -0.39 is 9.84 Å². The van der Waals surface area contributed by atoms with E-state index in [1.54, 1.807) is 36.9 Å². The van der Waals surface area contributed by atoms with E-state index in [2.05, 4.69) is 30.4 Å². The van der Waals surface area contributed by atoms with Gasteiger partial charge >= 0.3 is 0 Å². The number of carbonyl (C=O) groups excluding carboxylic acids is 1. The molecular formula is C23H22N6O3S. The fourth-order valence-corrected chi connectivity index (χ4v) is 5.17. The van der Waals surface area contributed by atoms with Crippen molar-refractivity contribution in [3.05, 3.63) is 72.4 Å². The molecule has 3 aromatic heterocycles. The molecule has 0 bridgehead atoms. The van der Waals surface area contributed by atoms with Crippen molar-refractivity contribution >= 4 is 32.3 Å². The minimum absolute atomic E-state index is 0.196. The Morgan fingerprint density at radius 2 is 1.88 bits per heavy atom. The molecule has 0 saturated carbocycles. The molecule has 0 aliphatic carbocycles. The Morgan fingerprint density at radius 3 is 2.67 bits per heavy atom. The third kappa shape index (κ3) is 4.76. The van der Waals surface area contributed by atoms with Crippen molar-refractivity contribution in [3.8, 4) is 11.1 Å². The van der Waals surface area contributed by atoms with E-state index in [9.17, 15) is 13.2 Å². The fourth-order valence-electron chi connectivity index (χ4n) is 3.89. The van der Waals surface area contributed by atoms with Crippen LogP contribution < -0.4 is 5.32 Å². The van der Waals surface area contributed by atoms with Crippen LogP contribution in [-0.2, 0) is 16.4 Å². The quantitative estimate of drug-likeness (QED) is 0.467. The molecule has 9 nitrogen and oxygen atoms in total. The molecule has 1 aromatic carbocycles. The lowest BCUT2D eigenvalue weighted by molar-refractivity contribution is 0.102. The number of aromatic amines is 1. The summed E-state index contributed by atoms with van der Waals surface area (Å²) in [4.78, 5) is 23.3. The zero-order chi connectivity index (χ0) is 22.8. The summed E-state index contributed by atoms with van der Waals surface area (Å²) in [5, 5.41) is 10.6. The normalized spacial score (nSPS) is 16.0. The molecule has 1 amide bonds. The van der Waals surface area contributed by atoms with E-state index in [4.69, 9.17) is 0 Å². The number of sulfone groups is 1. The first-order chi connectivity index (χ1) is 16.0. The number of H-pyrrole nitrogens is 1. The van der Waals surface area contributed by atoms with Crippen molar-refractivity contribution in [1.29, 1.82) is 0 Å². The van der Waals surface area contributed by atoms with Gasteiger partial charge in [-0.05, 0) is 41.5 Å². The molecule has 1 saturated heterocycles. The summed E-state index contributed by atoms with van der Waals surface area (Å²) in [5.74, 6) is 0.0702. The van der Waals surface area contributed by atoms with Crippen molar-refractivity contribution in [2.45, 2.75) is 6.54 Å². The smallest absolute Gasteiger partial charge is 0.276 e. The van der Waals surface area contributed by atoms with E-state index >= 15 is 0 Å². The highest BCUT2D eigenvalue weighted by molar-refractivity contribution is 7.91. The molecule has 0 radical (unpaired) electrons. The lowest BCUT2D eigenvalue weighted by Crippen LogP contribution is -2.39. The second-order valence-corrected chi connectivity index (χ2v) is 10.3. The van der Waals surface area contributed by atoms with E-state index in [0.717, 1.165) is 22.2 Å². The van der Waals surface area contributed by atoms with Gasteiger partial charge in [0.25, 0.3) is 5.91 Å². The predicted molar refractivity (Wildman–Crippen MR) is 125 cm³/mol. The summed E-state index contributed by atoms with van der Waals surface area (Å²) in [6, 6.07) is 11.3. The minimum Gasteiger partial charge on any atom is -0.319 e. The second kappa shape index (κ2) is 8.72. The Hall–Kier alpha value is -3.63. The maximum absolute atomic E-state index is 12.8. The number of aromatic nitrogens is 4. The summed E-state index contributed by atoms with van der Waals surface area (Å²) in [6.07, 6.45) is 6.80. The third-order valence-electron chi connectivity index (χ3n) is 5.67. The van der Waals surface area contributed by atoms with Gasteiger partial charge in [-0.2, -0.15) is 5.10 Å². The Labute approximate surface area is 190 Å². The van der Waals surface area contributed by atoms with Gasteiger partial charge in [-0.25, -0.2) is 8.42 Å².